The number of anilines is 1. The first-order valence-corrected chi connectivity index (χ1v) is 10.0. The fraction of sp³-hybridized carbons (Fsp3) is 0.158. The van der Waals surface area contributed by atoms with Crippen molar-refractivity contribution in [2.24, 2.45) is 0 Å². The lowest BCUT2D eigenvalue weighted by Gasteiger charge is -2.11. The maximum atomic E-state index is 12.5. The van der Waals surface area contributed by atoms with Crippen LogP contribution in [0.5, 0.6) is 0 Å². The zero-order chi connectivity index (χ0) is 19.0. The Morgan fingerprint density at radius 2 is 1.85 bits per heavy atom. The molecule has 0 fully saturated rings. The van der Waals surface area contributed by atoms with Gasteiger partial charge < -0.3 is 5.32 Å². The zero-order valence-electron chi connectivity index (χ0n) is 14.7. The van der Waals surface area contributed by atoms with Crippen molar-refractivity contribution >= 4 is 55.7 Å². The summed E-state index contributed by atoms with van der Waals surface area (Å²) in [6, 6.07) is 14.9. The largest absolute Gasteiger partial charge is 0.325 e. The quantitative estimate of drug-likeness (QED) is 0.403. The van der Waals surface area contributed by atoms with Crippen LogP contribution in [0.3, 0.4) is 0 Å². The molecule has 1 amide bonds. The topological polar surface area (TPSA) is 76.4 Å². The second-order valence-electron chi connectivity index (χ2n) is 6.05. The zero-order valence-corrected chi connectivity index (χ0v) is 16.3. The highest BCUT2D eigenvalue weighted by Crippen LogP contribution is 2.31. The van der Waals surface area contributed by atoms with Gasteiger partial charge in [-0.15, -0.1) is 10.2 Å². The van der Waals surface area contributed by atoms with Crippen LogP contribution < -0.4 is 5.32 Å². The van der Waals surface area contributed by atoms with Crippen molar-refractivity contribution in [3.63, 3.8) is 0 Å². The van der Waals surface area contributed by atoms with E-state index < -0.39 is 0 Å². The van der Waals surface area contributed by atoms with Crippen LogP contribution in [0.25, 0.3) is 15.2 Å². The molecule has 0 aliphatic carbocycles. The first kappa shape index (κ1) is 17.7. The van der Waals surface area contributed by atoms with Gasteiger partial charge >= 0.3 is 0 Å². The fourth-order valence-corrected chi connectivity index (χ4v) is 4.56. The minimum Gasteiger partial charge on any atom is -0.325 e. The molecular formula is C19H16N4O2S2. The molecule has 4 rings (SSSR count). The van der Waals surface area contributed by atoms with E-state index in [0.29, 0.717) is 16.4 Å². The number of carbonyl (C=O) groups excluding carboxylic acids is 2. The lowest BCUT2D eigenvalue weighted by atomic mass is 10.1. The molecule has 27 heavy (non-hydrogen) atoms. The Hall–Kier alpha value is -2.71. The molecule has 136 valence electrons. The molecule has 0 spiro atoms. The molecule has 0 aliphatic rings. The predicted octanol–water partition coefficient (Wildman–Crippen LogP) is 4.27. The van der Waals surface area contributed by atoms with Gasteiger partial charge in [-0.25, -0.2) is 0 Å². The highest BCUT2D eigenvalue weighted by Gasteiger charge is 2.20. The summed E-state index contributed by atoms with van der Waals surface area (Å²) >= 11 is 2.94. The average Bonchev–Trinajstić information content (AvgIpc) is 3.22. The highest BCUT2D eigenvalue weighted by molar-refractivity contribution is 8.00. The maximum Gasteiger partial charge on any atom is 0.237 e. The second kappa shape index (κ2) is 7.13. The number of carbonyl (C=O) groups is 2. The van der Waals surface area contributed by atoms with Gasteiger partial charge in [0.05, 0.1) is 15.5 Å². The number of hydrogen-bond donors (Lipinski definition) is 1. The number of ketones is 1. The van der Waals surface area contributed by atoms with Crippen molar-refractivity contribution in [3.05, 3.63) is 54.1 Å². The lowest BCUT2D eigenvalue weighted by molar-refractivity contribution is -0.115. The van der Waals surface area contributed by atoms with Crippen LogP contribution >= 0.6 is 23.1 Å². The lowest BCUT2D eigenvalue weighted by Crippen LogP contribution is -2.22. The Balaban J connectivity index is 1.51. The van der Waals surface area contributed by atoms with Crippen molar-refractivity contribution in [2.75, 3.05) is 5.32 Å². The molecule has 0 unspecified atom stereocenters. The van der Waals surface area contributed by atoms with Crippen LogP contribution in [-0.2, 0) is 4.79 Å². The van der Waals surface area contributed by atoms with Crippen molar-refractivity contribution < 1.29 is 9.59 Å². The molecule has 0 saturated carbocycles. The number of thiazole rings is 1. The number of para-hydroxylation sites is 1. The monoisotopic (exact) mass is 396 g/mol. The molecule has 6 nitrogen and oxygen atoms in total. The number of nitrogens with one attached hydrogen (secondary N) is 1. The third-order valence-corrected chi connectivity index (χ3v) is 6.18. The van der Waals surface area contributed by atoms with Gasteiger partial charge in [-0.2, -0.15) is 0 Å². The number of hydrogen-bond acceptors (Lipinski definition) is 6. The minimum absolute atomic E-state index is 0.00406. The predicted molar refractivity (Wildman–Crippen MR) is 109 cm³/mol. The Kier molecular flexibility index (Phi) is 4.67. The summed E-state index contributed by atoms with van der Waals surface area (Å²) in [7, 11) is 0. The van der Waals surface area contributed by atoms with Crippen molar-refractivity contribution in [1.29, 1.82) is 0 Å². The Labute approximate surface area is 163 Å². The van der Waals surface area contributed by atoms with E-state index in [1.54, 1.807) is 35.6 Å². The highest BCUT2D eigenvalue weighted by atomic mass is 32.2. The summed E-state index contributed by atoms with van der Waals surface area (Å²) in [4.78, 5) is 24.7. The number of Topliss-reactive ketones (excluding diaryl/α,β-unsaturated/α-hetero) is 1. The van der Waals surface area contributed by atoms with E-state index >= 15 is 0 Å². The summed E-state index contributed by atoms with van der Waals surface area (Å²) in [5.74, 6) is -0.137. The third-order valence-electron chi connectivity index (χ3n) is 4.12. The molecular weight excluding hydrogens is 380 g/mol. The smallest absolute Gasteiger partial charge is 0.237 e. The summed E-state index contributed by atoms with van der Waals surface area (Å²) in [6.45, 7) is 3.35. The van der Waals surface area contributed by atoms with Crippen molar-refractivity contribution in [2.45, 2.75) is 24.3 Å². The third kappa shape index (κ3) is 3.45. The van der Waals surface area contributed by atoms with Gasteiger partial charge in [-0.05, 0) is 50.2 Å². The summed E-state index contributed by atoms with van der Waals surface area (Å²) in [5.41, 5.74) is 2.31. The van der Waals surface area contributed by atoms with Crippen LogP contribution in [0.15, 0.2) is 53.7 Å². The first-order chi connectivity index (χ1) is 13.0. The maximum absolute atomic E-state index is 12.5. The van der Waals surface area contributed by atoms with Crippen LogP contribution in [0.1, 0.15) is 24.2 Å². The first-order valence-electron chi connectivity index (χ1n) is 8.34. The average molecular weight is 396 g/mol. The summed E-state index contributed by atoms with van der Waals surface area (Å²) < 4.78 is 3.11. The Bertz CT molecular complexity index is 1150. The fourth-order valence-electron chi connectivity index (χ4n) is 2.68. The van der Waals surface area contributed by atoms with Gasteiger partial charge in [0.2, 0.25) is 10.9 Å². The summed E-state index contributed by atoms with van der Waals surface area (Å²) in [6.07, 6.45) is 0. The molecule has 4 aromatic rings. The normalized spacial score (nSPS) is 12.4. The van der Waals surface area contributed by atoms with Crippen LogP contribution in [0, 0.1) is 0 Å². The molecule has 8 heteroatoms. The van der Waals surface area contributed by atoms with E-state index in [-0.39, 0.29) is 16.9 Å². The molecule has 1 N–H and O–H groups in total. The number of thioether (sulfide) groups is 1. The molecule has 2 heterocycles. The number of benzene rings is 2. The molecule has 1 atom stereocenters. The van der Waals surface area contributed by atoms with E-state index in [1.165, 1.54) is 18.7 Å². The van der Waals surface area contributed by atoms with Crippen molar-refractivity contribution in [3.8, 4) is 0 Å². The molecule has 0 bridgehead atoms. The number of fused-ring (bicyclic) bond motifs is 3. The van der Waals surface area contributed by atoms with E-state index in [2.05, 4.69) is 15.5 Å². The van der Waals surface area contributed by atoms with Crippen molar-refractivity contribution in [1.82, 2.24) is 14.6 Å². The van der Waals surface area contributed by atoms with Crippen LogP contribution in [0.2, 0.25) is 0 Å². The van der Waals surface area contributed by atoms with Crippen LogP contribution in [0.4, 0.5) is 5.69 Å². The number of amides is 1. The SMILES string of the molecule is CC(=O)c1ccc(NC(=O)[C@H](C)Sc2nnc3sc4ccccc4n23)cc1. The van der Waals surface area contributed by atoms with E-state index in [9.17, 15) is 9.59 Å². The Morgan fingerprint density at radius 1 is 1.11 bits per heavy atom. The molecule has 0 saturated heterocycles. The van der Waals surface area contributed by atoms with Gasteiger partial charge in [-0.3, -0.25) is 14.0 Å². The number of rotatable bonds is 5. The van der Waals surface area contributed by atoms with E-state index in [1.807, 2.05) is 35.6 Å². The molecule has 2 aromatic heterocycles. The van der Waals surface area contributed by atoms with Gasteiger partial charge in [-0.1, -0.05) is 35.2 Å². The second-order valence-corrected chi connectivity index (χ2v) is 8.37. The molecule has 0 aliphatic heterocycles. The standard InChI is InChI=1S/C19H16N4O2S2/c1-11(24)13-7-9-14(10-8-13)20-17(25)12(2)26-18-21-22-19-23(18)15-5-3-4-6-16(15)27-19/h3-10,12H,1-2H3,(H,20,25)/t12-/m0/s1. The molecule has 2 aromatic carbocycles. The van der Waals surface area contributed by atoms with Gasteiger partial charge in [0.15, 0.2) is 10.9 Å². The van der Waals surface area contributed by atoms with Gasteiger partial charge in [0, 0.05) is 11.3 Å². The summed E-state index contributed by atoms with van der Waals surface area (Å²) in [5, 5.41) is 11.7. The Morgan fingerprint density at radius 3 is 2.59 bits per heavy atom. The molecule has 0 radical (unpaired) electrons. The van der Waals surface area contributed by atoms with Crippen LogP contribution in [-0.4, -0.2) is 31.5 Å². The van der Waals surface area contributed by atoms with Gasteiger partial charge in [0.25, 0.3) is 0 Å². The van der Waals surface area contributed by atoms with E-state index in [4.69, 9.17) is 0 Å². The van der Waals surface area contributed by atoms with E-state index in [0.717, 1.165) is 15.2 Å². The minimum atomic E-state index is -0.358. The number of aromatic nitrogens is 3. The number of nitrogens with zero attached hydrogens (tertiary/aromatic N) is 3. The van der Waals surface area contributed by atoms with Gasteiger partial charge in [0.1, 0.15) is 0 Å².